The van der Waals surface area contributed by atoms with E-state index in [9.17, 15) is 13.2 Å². The second kappa shape index (κ2) is 6.04. The molecule has 0 saturated carbocycles. The van der Waals surface area contributed by atoms with Crippen molar-refractivity contribution in [3.05, 3.63) is 22.3 Å². The molecule has 22 heavy (non-hydrogen) atoms. The average Bonchev–Trinajstić information content (AvgIpc) is 2.46. The zero-order valence-corrected chi connectivity index (χ0v) is 13.7. The lowest BCUT2D eigenvalue weighted by Crippen LogP contribution is -2.40. The predicted molar refractivity (Wildman–Crippen MR) is 85.0 cm³/mol. The molecular formula is C16H21F3N2S. The van der Waals surface area contributed by atoms with Crippen LogP contribution in [0.1, 0.15) is 33.1 Å². The molecule has 2 nitrogen and oxygen atoms in total. The van der Waals surface area contributed by atoms with Crippen molar-refractivity contribution in [3.63, 3.8) is 0 Å². The molecule has 0 radical (unpaired) electrons. The highest BCUT2D eigenvalue weighted by Gasteiger charge is 2.39. The number of allylic oxidation sites excluding steroid dienone is 2. The Morgan fingerprint density at radius 3 is 2.68 bits per heavy atom. The standard InChI is InChI=1S/C16H21F3N2S/c1-9-3-4-12(20-7-9)11-5-10(2)15-13(6-11)21-14(8-22-15)16(17,18)19/h6,9-10,12,20H,3-5,7-8H2,1-2H3. The topological polar surface area (TPSA) is 24.4 Å². The predicted octanol–water partition coefficient (Wildman–Crippen LogP) is 4.30. The van der Waals surface area contributed by atoms with Crippen LogP contribution < -0.4 is 5.32 Å². The molecule has 1 saturated heterocycles. The first kappa shape index (κ1) is 16.1. The van der Waals surface area contributed by atoms with Crippen LogP contribution in [0.2, 0.25) is 0 Å². The molecule has 2 aliphatic heterocycles. The number of thioether (sulfide) groups is 1. The van der Waals surface area contributed by atoms with Crippen LogP contribution in [0.4, 0.5) is 13.2 Å². The van der Waals surface area contributed by atoms with Gasteiger partial charge < -0.3 is 5.32 Å². The van der Waals surface area contributed by atoms with Gasteiger partial charge in [-0.1, -0.05) is 19.4 Å². The fraction of sp³-hybridized carbons (Fsp3) is 0.688. The highest BCUT2D eigenvalue weighted by molar-refractivity contribution is 8.03. The van der Waals surface area contributed by atoms with E-state index in [-0.39, 0.29) is 11.7 Å². The first-order chi connectivity index (χ1) is 10.3. The molecule has 3 atom stereocenters. The van der Waals surface area contributed by atoms with Crippen LogP contribution in [0.15, 0.2) is 27.2 Å². The smallest absolute Gasteiger partial charge is 0.310 e. The molecule has 6 heteroatoms. The van der Waals surface area contributed by atoms with Gasteiger partial charge in [0.1, 0.15) is 5.71 Å². The van der Waals surface area contributed by atoms with Crippen LogP contribution in [-0.2, 0) is 0 Å². The lowest BCUT2D eigenvalue weighted by Gasteiger charge is -2.34. The summed E-state index contributed by atoms with van der Waals surface area (Å²) in [6.07, 6.45) is 0.737. The van der Waals surface area contributed by atoms with E-state index in [1.54, 1.807) is 0 Å². The van der Waals surface area contributed by atoms with Gasteiger partial charge in [0, 0.05) is 16.7 Å². The molecule has 1 aliphatic carbocycles. The molecule has 0 bridgehead atoms. The molecule has 0 amide bonds. The minimum absolute atomic E-state index is 0.0605. The quantitative estimate of drug-likeness (QED) is 0.775. The van der Waals surface area contributed by atoms with Crippen molar-refractivity contribution in [2.75, 3.05) is 12.3 Å². The van der Waals surface area contributed by atoms with Gasteiger partial charge in [0.05, 0.1) is 5.70 Å². The molecule has 0 aromatic heterocycles. The molecule has 0 aromatic carbocycles. The Hall–Kier alpha value is -0.750. The van der Waals surface area contributed by atoms with Gasteiger partial charge in [-0.25, -0.2) is 4.99 Å². The molecule has 2 heterocycles. The highest BCUT2D eigenvalue weighted by atomic mass is 32.2. The van der Waals surface area contributed by atoms with Crippen LogP contribution in [0, 0.1) is 11.8 Å². The van der Waals surface area contributed by atoms with Crippen molar-refractivity contribution in [3.8, 4) is 0 Å². The second-order valence-corrected chi connectivity index (χ2v) is 7.58. The number of hydrogen-bond donors (Lipinski definition) is 1. The maximum Gasteiger partial charge on any atom is 0.430 e. The Balaban J connectivity index is 1.85. The first-order valence-corrected chi connectivity index (χ1v) is 8.78. The maximum atomic E-state index is 12.9. The minimum atomic E-state index is -4.32. The number of alkyl halides is 3. The minimum Gasteiger partial charge on any atom is -0.310 e. The molecule has 3 unspecified atom stereocenters. The van der Waals surface area contributed by atoms with Crippen LogP contribution in [0.3, 0.4) is 0 Å². The van der Waals surface area contributed by atoms with Gasteiger partial charge in [-0.2, -0.15) is 13.2 Å². The summed E-state index contributed by atoms with van der Waals surface area (Å²) in [6, 6.07) is 0.296. The number of nitrogens with zero attached hydrogens (tertiary/aromatic N) is 1. The first-order valence-electron chi connectivity index (χ1n) is 7.80. The summed E-state index contributed by atoms with van der Waals surface area (Å²) in [6.45, 7) is 5.29. The van der Waals surface area contributed by atoms with Gasteiger partial charge in [0.25, 0.3) is 0 Å². The number of hydrogen-bond acceptors (Lipinski definition) is 3. The summed E-state index contributed by atoms with van der Waals surface area (Å²) < 4.78 is 38.7. The van der Waals surface area contributed by atoms with E-state index in [1.165, 1.54) is 23.8 Å². The van der Waals surface area contributed by atoms with Gasteiger partial charge in [0.2, 0.25) is 0 Å². The summed E-state index contributed by atoms with van der Waals surface area (Å²) >= 11 is 1.30. The Kier molecular flexibility index (Phi) is 4.42. The number of nitrogens with one attached hydrogen (secondary N) is 1. The molecule has 1 N–H and O–H groups in total. The fourth-order valence-electron chi connectivity index (χ4n) is 3.34. The largest absolute Gasteiger partial charge is 0.430 e. The summed E-state index contributed by atoms with van der Waals surface area (Å²) in [5, 5.41) is 3.53. The van der Waals surface area contributed by atoms with Crippen LogP contribution in [-0.4, -0.2) is 30.2 Å². The van der Waals surface area contributed by atoms with Crippen molar-refractivity contribution in [2.45, 2.75) is 45.3 Å². The summed E-state index contributed by atoms with van der Waals surface area (Å²) in [4.78, 5) is 4.95. The third-order valence-electron chi connectivity index (χ3n) is 4.62. The summed E-state index contributed by atoms with van der Waals surface area (Å²) in [7, 11) is 0. The number of aliphatic imine (C=N–C) groups is 1. The second-order valence-electron chi connectivity index (χ2n) is 6.56. The third kappa shape index (κ3) is 3.27. The highest BCUT2D eigenvalue weighted by Crippen LogP contribution is 2.42. The molecule has 1 fully saturated rings. The molecule has 3 aliphatic rings. The van der Waals surface area contributed by atoms with Crippen molar-refractivity contribution in [2.24, 2.45) is 16.8 Å². The average molecular weight is 330 g/mol. The van der Waals surface area contributed by atoms with Gasteiger partial charge in [0.15, 0.2) is 0 Å². The Morgan fingerprint density at radius 1 is 1.27 bits per heavy atom. The normalized spacial score (nSPS) is 33.2. The van der Waals surface area contributed by atoms with E-state index in [4.69, 9.17) is 0 Å². The van der Waals surface area contributed by atoms with E-state index >= 15 is 0 Å². The number of piperidine rings is 1. The molecule has 3 rings (SSSR count). The van der Waals surface area contributed by atoms with E-state index in [0.29, 0.717) is 17.7 Å². The van der Waals surface area contributed by atoms with Crippen molar-refractivity contribution >= 4 is 17.5 Å². The van der Waals surface area contributed by atoms with Gasteiger partial charge in [-0.3, -0.25) is 0 Å². The van der Waals surface area contributed by atoms with Crippen molar-refractivity contribution in [1.29, 1.82) is 0 Å². The fourth-order valence-corrected chi connectivity index (χ4v) is 4.48. The van der Waals surface area contributed by atoms with Gasteiger partial charge >= 0.3 is 6.18 Å². The van der Waals surface area contributed by atoms with Crippen LogP contribution in [0.5, 0.6) is 0 Å². The van der Waals surface area contributed by atoms with Crippen molar-refractivity contribution in [1.82, 2.24) is 5.32 Å². The lowest BCUT2D eigenvalue weighted by molar-refractivity contribution is -0.0590. The zero-order chi connectivity index (χ0) is 15.9. The zero-order valence-electron chi connectivity index (χ0n) is 12.8. The summed E-state index contributed by atoms with van der Waals surface area (Å²) in [5.74, 6) is 0.877. The van der Waals surface area contributed by atoms with Crippen molar-refractivity contribution < 1.29 is 13.2 Å². The van der Waals surface area contributed by atoms with Crippen LogP contribution in [0.25, 0.3) is 0 Å². The Bertz CT molecular complexity index is 540. The number of halogens is 3. The molecule has 0 aromatic rings. The SMILES string of the molecule is CC1CCC(C2=CC3=C(SCC(C(F)(F)F)=N3)C(C)C2)NC1. The van der Waals surface area contributed by atoms with E-state index < -0.39 is 11.9 Å². The molecule has 122 valence electrons. The lowest BCUT2D eigenvalue weighted by atomic mass is 9.84. The van der Waals surface area contributed by atoms with E-state index in [0.717, 1.165) is 24.3 Å². The molecular weight excluding hydrogens is 309 g/mol. The monoisotopic (exact) mass is 330 g/mol. The van der Waals surface area contributed by atoms with E-state index in [2.05, 4.69) is 24.2 Å². The van der Waals surface area contributed by atoms with E-state index in [1.807, 2.05) is 6.08 Å². The van der Waals surface area contributed by atoms with Gasteiger partial charge in [-0.05, 0) is 43.7 Å². The Labute approximate surface area is 133 Å². The third-order valence-corrected chi connectivity index (χ3v) is 5.96. The van der Waals surface area contributed by atoms with Crippen LogP contribution >= 0.6 is 11.8 Å². The number of rotatable bonds is 1. The maximum absolute atomic E-state index is 12.9. The summed E-state index contributed by atoms with van der Waals surface area (Å²) in [5.41, 5.74) is 1.09. The van der Waals surface area contributed by atoms with Gasteiger partial charge in [-0.15, -0.1) is 11.8 Å². The Morgan fingerprint density at radius 2 is 2.05 bits per heavy atom. The molecule has 0 spiro atoms.